The van der Waals surface area contributed by atoms with E-state index in [1.54, 1.807) is 42.5 Å². The molecule has 0 spiro atoms. The lowest BCUT2D eigenvalue weighted by atomic mass is 9.94. The van der Waals surface area contributed by atoms with Crippen molar-refractivity contribution in [2.75, 3.05) is 26.2 Å². The molecule has 0 atom stereocenters. The van der Waals surface area contributed by atoms with Crippen LogP contribution in [0.15, 0.2) is 59.6 Å². The predicted octanol–water partition coefficient (Wildman–Crippen LogP) is 4.95. The molecule has 6 nitrogen and oxygen atoms in total. The monoisotopic (exact) mass is 579 g/mol. The Morgan fingerprint density at radius 1 is 0.762 bits per heavy atom. The number of nitrogens with zero attached hydrogens (tertiary/aromatic N) is 1. The zero-order chi connectivity index (χ0) is 30.5. The van der Waals surface area contributed by atoms with E-state index in [1.165, 1.54) is 0 Å². The molecule has 0 aliphatic heterocycles. The number of hydrogen-bond acceptors (Lipinski definition) is 4. The van der Waals surface area contributed by atoms with Gasteiger partial charge in [-0.15, -0.1) is 0 Å². The van der Waals surface area contributed by atoms with Gasteiger partial charge in [-0.1, -0.05) is 23.7 Å². The molecule has 3 aromatic carbocycles. The van der Waals surface area contributed by atoms with Gasteiger partial charge in [0.25, 0.3) is 0 Å². The smallest absolute Gasteiger partial charge is 0.416 e. The van der Waals surface area contributed by atoms with Gasteiger partial charge in [0, 0.05) is 50.0 Å². The van der Waals surface area contributed by atoms with E-state index in [0.717, 1.165) is 12.1 Å². The van der Waals surface area contributed by atoms with E-state index in [1.807, 2.05) is 0 Å². The normalized spacial score (nSPS) is 10.7. The van der Waals surface area contributed by atoms with Crippen LogP contribution in [-0.4, -0.2) is 32.2 Å². The summed E-state index contributed by atoms with van der Waals surface area (Å²) in [6.07, 6.45) is -3.26. The molecule has 0 fully saturated rings. The van der Waals surface area contributed by atoms with Crippen LogP contribution in [0.5, 0.6) is 5.75 Å². The molecule has 3 rings (SSSR count). The Morgan fingerprint density at radius 2 is 1.33 bits per heavy atom. The SMILES string of the molecule is NCCC#Cc1cc(CF)cc(-c2cc(OCCCN=C(N)N)cc(-c3cc(C#CCCN)cc(C(F)(F)F)c3)c2)c1. The standard InChI is InChI=1S/C32H33F4N5O/c33-21-24-12-22(6-1-3-8-37)13-25(15-24)27-17-28(20-30(19-27)42-11-5-10-41-31(39)40)26-14-23(7-2-4-9-38)16-29(18-26)32(34,35)36/h12-20H,3-5,8-11,21,37-38H2,(H4,39,40,41). The molecule has 0 aliphatic carbocycles. The maximum Gasteiger partial charge on any atom is 0.416 e. The van der Waals surface area contributed by atoms with Gasteiger partial charge in [0.15, 0.2) is 5.96 Å². The summed E-state index contributed by atoms with van der Waals surface area (Å²) in [4.78, 5) is 3.93. The van der Waals surface area contributed by atoms with Crippen molar-refractivity contribution in [2.24, 2.45) is 27.9 Å². The van der Waals surface area contributed by atoms with Gasteiger partial charge in [0.1, 0.15) is 12.4 Å². The molecule has 0 amide bonds. The minimum absolute atomic E-state index is 0.0349. The number of nitrogens with two attached hydrogens (primary N) is 4. The summed E-state index contributed by atoms with van der Waals surface area (Å²) in [6.45, 7) is 0.562. The van der Waals surface area contributed by atoms with Crippen molar-refractivity contribution in [2.45, 2.75) is 32.1 Å². The molecule has 0 aliphatic rings. The molecular weight excluding hydrogens is 546 g/mol. The summed E-state index contributed by atoms with van der Waals surface area (Å²) in [5, 5.41) is 0. The number of rotatable bonds is 10. The number of alkyl halides is 4. The molecule has 42 heavy (non-hydrogen) atoms. The van der Waals surface area contributed by atoms with Gasteiger partial charge in [0.05, 0.1) is 12.2 Å². The van der Waals surface area contributed by atoms with Crippen LogP contribution in [0.4, 0.5) is 17.6 Å². The summed E-state index contributed by atoms with van der Waals surface area (Å²) in [5.41, 5.74) is 24.1. The molecule has 0 saturated heterocycles. The fraction of sp³-hybridized carbons (Fsp3) is 0.281. The molecule has 0 saturated carbocycles. The zero-order valence-corrected chi connectivity index (χ0v) is 23.0. The highest BCUT2D eigenvalue weighted by Gasteiger charge is 2.31. The van der Waals surface area contributed by atoms with Gasteiger partial charge >= 0.3 is 6.18 Å². The number of hydrogen-bond donors (Lipinski definition) is 4. The Balaban J connectivity index is 2.16. The van der Waals surface area contributed by atoms with Crippen LogP contribution in [0.3, 0.4) is 0 Å². The highest BCUT2D eigenvalue weighted by molar-refractivity contribution is 5.77. The van der Waals surface area contributed by atoms with Crippen LogP contribution in [0, 0.1) is 23.7 Å². The summed E-state index contributed by atoms with van der Waals surface area (Å²) >= 11 is 0. The highest BCUT2D eigenvalue weighted by Crippen LogP contribution is 2.37. The first-order valence-electron chi connectivity index (χ1n) is 13.3. The molecule has 0 aromatic heterocycles. The predicted molar refractivity (Wildman–Crippen MR) is 159 cm³/mol. The first kappa shape index (κ1) is 32.0. The van der Waals surface area contributed by atoms with Gasteiger partial charge in [-0.25, -0.2) is 4.39 Å². The number of halogens is 4. The Hall–Kier alpha value is -4.51. The Morgan fingerprint density at radius 3 is 1.88 bits per heavy atom. The molecule has 3 aromatic rings. The maximum absolute atomic E-state index is 13.8. The first-order chi connectivity index (χ1) is 20.1. The summed E-state index contributed by atoms with van der Waals surface area (Å²) in [7, 11) is 0. The van der Waals surface area contributed by atoms with Crippen LogP contribution in [-0.2, 0) is 12.9 Å². The maximum atomic E-state index is 13.8. The third kappa shape index (κ3) is 9.84. The van der Waals surface area contributed by atoms with Crippen molar-refractivity contribution in [3.63, 3.8) is 0 Å². The van der Waals surface area contributed by atoms with Crippen LogP contribution >= 0.6 is 0 Å². The number of benzene rings is 3. The fourth-order valence-electron chi connectivity index (χ4n) is 3.99. The van der Waals surface area contributed by atoms with Crippen LogP contribution in [0.2, 0.25) is 0 Å². The van der Waals surface area contributed by atoms with Crippen molar-refractivity contribution in [1.82, 2.24) is 0 Å². The van der Waals surface area contributed by atoms with Gasteiger partial charge in [-0.2, -0.15) is 13.2 Å². The molecular formula is C32H33F4N5O. The van der Waals surface area contributed by atoms with E-state index < -0.39 is 18.4 Å². The van der Waals surface area contributed by atoms with Crippen LogP contribution < -0.4 is 27.7 Å². The van der Waals surface area contributed by atoms with E-state index in [9.17, 15) is 17.6 Å². The average Bonchev–Trinajstić information content (AvgIpc) is 2.96. The lowest BCUT2D eigenvalue weighted by molar-refractivity contribution is -0.137. The molecule has 0 radical (unpaired) electrons. The second-order valence-corrected chi connectivity index (χ2v) is 9.28. The van der Waals surface area contributed by atoms with E-state index in [4.69, 9.17) is 27.7 Å². The summed E-state index contributed by atoms with van der Waals surface area (Å²) in [5.74, 6) is 11.9. The molecule has 10 heteroatoms. The Labute approximate surface area is 243 Å². The van der Waals surface area contributed by atoms with E-state index >= 15 is 0 Å². The Bertz CT molecular complexity index is 1520. The molecule has 0 bridgehead atoms. The van der Waals surface area contributed by atoms with Crippen molar-refractivity contribution >= 4 is 5.96 Å². The van der Waals surface area contributed by atoms with Crippen molar-refractivity contribution in [1.29, 1.82) is 0 Å². The molecule has 8 N–H and O–H groups in total. The molecule has 0 heterocycles. The van der Waals surface area contributed by atoms with Crippen molar-refractivity contribution in [3.8, 4) is 51.7 Å². The lowest BCUT2D eigenvalue weighted by Gasteiger charge is -2.15. The van der Waals surface area contributed by atoms with Crippen LogP contribution in [0.25, 0.3) is 22.3 Å². The van der Waals surface area contributed by atoms with Gasteiger partial charge in [0.2, 0.25) is 0 Å². The van der Waals surface area contributed by atoms with Crippen molar-refractivity contribution in [3.05, 3.63) is 76.9 Å². The quantitative estimate of drug-likeness (QED) is 0.0889. The minimum atomic E-state index is -4.59. The lowest BCUT2D eigenvalue weighted by Crippen LogP contribution is -2.23. The van der Waals surface area contributed by atoms with Gasteiger partial charge in [-0.05, 0) is 82.4 Å². The largest absolute Gasteiger partial charge is 0.493 e. The van der Waals surface area contributed by atoms with E-state index in [-0.39, 0.29) is 18.1 Å². The first-order valence-corrected chi connectivity index (χ1v) is 13.3. The topological polar surface area (TPSA) is 126 Å². The third-order valence-corrected chi connectivity index (χ3v) is 5.85. The van der Waals surface area contributed by atoms with Gasteiger partial charge < -0.3 is 27.7 Å². The van der Waals surface area contributed by atoms with E-state index in [2.05, 4.69) is 28.7 Å². The Kier molecular flexibility index (Phi) is 11.8. The minimum Gasteiger partial charge on any atom is -0.493 e. The number of aliphatic imine (C=N–C) groups is 1. The van der Waals surface area contributed by atoms with Gasteiger partial charge in [-0.3, -0.25) is 4.99 Å². The summed E-state index contributed by atoms with van der Waals surface area (Å²) < 4.78 is 61.3. The van der Waals surface area contributed by atoms with Crippen molar-refractivity contribution < 1.29 is 22.3 Å². The second kappa shape index (κ2) is 15.5. The number of ether oxygens (including phenoxy) is 1. The number of guanidine groups is 1. The third-order valence-electron chi connectivity index (χ3n) is 5.85. The fourth-order valence-corrected chi connectivity index (χ4v) is 3.99. The molecule has 220 valence electrons. The van der Waals surface area contributed by atoms with E-state index in [0.29, 0.717) is 78.0 Å². The summed E-state index contributed by atoms with van der Waals surface area (Å²) in [6, 6.07) is 13.9. The molecule has 0 unspecified atom stereocenters. The zero-order valence-electron chi connectivity index (χ0n) is 23.0. The highest BCUT2D eigenvalue weighted by atomic mass is 19.4. The average molecular weight is 580 g/mol. The second-order valence-electron chi connectivity index (χ2n) is 9.28. The van der Waals surface area contributed by atoms with Crippen LogP contribution in [0.1, 0.15) is 41.5 Å².